The molecule has 0 aliphatic carbocycles. The van der Waals surface area contributed by atoms with E-state index in [1.165, 1.54) is 48.5 Å². The van der Waals surface area contributed by atoms with Gasteiger partial charge in [0.15, 0.2) is 52.4 Å². The Kier molecular flexibility index (Phi) is 14.6. The zero-order valence-corrected chi connectivity index (χ0v) is 48.8. The van der Waals surface area contributed by atoms with E-state index in [4.69, 9.17) is 44.9 Å². The van der Waals surface area contributed by atoms with Crippen molar-refractivity contribution < 1.29 is 26.3 Å². The van der Waals surface area contributed by atoms with Gasteiger partial charge in [-0.15, -0.1) is 0 Å². The number of alkyl halides is 6. The van der Waals surface area contributed by atoms with E-state index < -0.39 is 23.5 Å². The second-order valence-corrected chi connectivity index (χ2v) is 21.9. The van der Waals surface area contributed by atoms with Crippen LogP contribution >= 0.6 is 0 Å². The van der Waals surface area contributed by atoms with E-state index >= 15 is 26.3 Å². The average molecular weight is 1230 g/mol. The van der Waals surface area contributed by atoms with Gasteiger partial charge in [0, 0.05) is 72.0 Å². The first-order valence-corrected chi connectivity index (χ1v) is 29.6. The zero-order valence-electron chi connectivity index (χ0n) is 48.8. The van der Waals surface area contributed by atoms with Crippen LogP contribution in [-0.4, -0.2) is 49.4 Å². The molecule has 0 unspecified atom stereocenters. The number of fused-ring (bicyclic) bond motifs is 3. The van der Waals surface area contributed by atoms with Gasteiger partial charge in [-0.05, 0) is 71.8 Å². The number of hydrogen-bond acceptors (Lipinski definition) is 9. The van der Waals surface area contributed by atoms with Crippen molar-refractivity contribution in [2.75, 3.05) is 0 Å². The molecule has 0 aliphatic rings. The van der Waals surface area contributed by atoms with Crippen LogP contribution in [-0.2, 0) is 12.4 Å². The maximum Gasteiger partial charge on any atom is 0.417 e. The SMILES string of the molecule is FC(F)(F)c1ccccc1-c1cc(-c2nc(-c3ccccc3)nc(-c3ccccc3)n2)cc(-c2ccccc2C(F)(F)F)c1-n1c2ccc(-c3nc(-c4ccccc4)nc(-c4ccccc4)n3)cc2c2cc(-c3nc(-c4ccccc4)nc(-c4ccccc4)n3)ccc21. The second kappa shape index (κ2) is 23.7. The van der Waals surface area contributed by atoms with Crippen molar-refractivity contribution in [1.82, 2.24) is 49.4 Å². The first-order chi connectivity index (χ1) is 45.4. The van der Waals surface area contributed by atoms with E-state index in [2.05, 4.69) is 0 Å². The highest BCUT2D eigenvalue weighted by atomic mass is 19.4. The highest BCUT2D eigenvalue weighted by molar-refractivity contribution is 6.13. The average Bonchev–Trinajstić information content (AvgIpc) is 1.64. The highest BCUT2D eigenvalue weighted by Gasteiger charge is 2.38. The minimum absolute atomic E-state index is 0.00793. The molecule has 0 saturated carbocycles. The Balaban J connectivity index is 1.07. The summed E-state index contributed by atoms with van der Waals surface area (Å²) in [6.45, 7) is 0. The van der Waals surface area contributed by atoms with E-state index in [0.29, 0.717) is 79.0 Å². The van der Waals surface area contributed by atoms with Crippen LogP contribution in [0.5, 0.6) is 0 Å². The molecule has 0 N–H and O–H groups in total. The summed E-state index contributed by atoms with van der Waals surface area (Å²) >= 11 is 0. The molecule has 93 heavy (non-hydrogen) atoms. The van der Waals surface area contributed by atoms with Gasteiger partial charge >= 0.3 is 12.4 Å². The first kappa shape index (κ1) is 57.3. The van der Waals surface area contributed by atoms with Gasteiger partial charge in [0.2, 0.25) is 0 Å². The quantitative estimate of drug-likeness (QED) is 0.110. The monoisotopic (exact) mass is 1220 g/mol. The Hall–Kier alpha value is -12.2. The molecule has 4 aromatic heterocycles. The molecular formula is C77H46F6N10. The van der Waals surface area contributed by atoms with Gasteiger partial charge in [0.1, 0.15) is 0 Å². The van der Waals surface area contributed by atoms with Crippen LogP contribution in [0.4, 0.5) is 26.3 Å². The fraction of sp³-hybridized carbons (Fsp3) is 0.0260. The van der Waals surface area contributed by atoms with E-state index in [1.807, 2.05) is 194 Å². The lowest BCUT2D eigenvalue weighted by Gasteiger charge is -2.24. The van der Waals surface area contributed by atoms with Crippen LogP contribution in [0, 0.1) is 0 Å². The van der Waals surface area contributed by atoms with E-state index in [9.17, 15) is 0 Å². The fourth-order valence-electron chi connectivity index (χ4n) is 11.7. The Morgan fingerprint density at radius 2 is 0.452 bits per heavy atom. The van der Waals surface area contributed by atoms with Crippen molar-refractivity contribution in [3.63, 3.8) is 0 Å². The molecule has 0 aliphatic heterocycles. The summed E-state index contributed by atoms with van der Waals surface area (Å²) in [5.41, 5.74) is 3.18. The third-order valence-corrected chi connectivity index (χ3v) is 16.0. The lowest BCUT2D eigenvalue weighted by molar-refractivity contribution is -0.137. The first-order valence-electron chi connectivity index (χ1n) is 29.6. The Labute approximate surface area is 528 Å². The van der Waals surface area contributed by atoms with Crippen LogP contribution in [0.1, 0.15) is 11.1 Å². The summed E-state index contributed by atoms with van der Waals surface area (Å²) in [4.78, 5) is 45.0. The molecule has 0 amide bonds. The van der Waals surface area contributed by atoms with Crippen molar-refractivity contribution >= 4 is 21.8 Å². The van der Waals surface area contributed by atoms with Gasteiger partial charge in [-0.1, -0.05) is 218 Å². The van der Waals surface area contributed by atoms with Crippen LogP contribution in [0.25, 0.3) is 152 Å². The molecule has 0 saturated heterocycles. The predicted molar refractivity (Wildman–Crippen MR) is 351 cm³/mol. The molecule has 10 nitrogen and oxygen atoms in total. The summed E-state index contributed by atoms with van der Waals surface area (Å²) in [5.74, 6) is 2.62. The molecule has 0 fully saturated rings. The van der Waals surface area contributed by atoms with Crippen molar-refractivity contribution in [3.8, 4) is 130 Å². The number of rotatable bonds is 12. The fourth-order valence-corrected chi connectivity index (χ4v) is 11.7. The topological polar surface area (TPSA) is 121 Å². The second-order valence-electron chi connectivity index (χ2n) is 21.9. The lowest BCUT2D eigenvalue weighted by atomic mass is 9.88. The maximum atomic E-state index is 16.0. The number of nitrogens with zero attached hydrogens (tertiary/aromatic N) is 10. The zero-order chi connectivity index (χ0) is 63.2. The van der Waals surface area contributed by atoms with Crippen molar-refractivity contribution in [1.29, 1.82) is 0 Å². The third kappa shape index (κ3) is 11.2. The Bertz CT molecular complexity index is 4850. The summed E-state index contributed by atoms with van der Waals surface area (Å²) in [7, 11) is 0. The largest absolute Gasteiger partial charge is 0.417 e. The molecule has 0 atom stereocenters. The molecule has 15 rings (SSSR count). The minimum atomic E-state index is -4.96. The number of halogens is 6. The molecule has 446 valence electrons. The smallest absolute Gasteiger partial charge is 0.308 e. The highest BCUT2D eigenvalue weighted by Crippen LogP contribution is 2.50. The molecule has 0 bridgehead atoms. The maximum absolute atomic E-state index is 16.0. The van der Waals surface area contributed by atoms with Crippen LogP contribution < -0.4 is 0 Å². The van der Waals surface area contributed by atoms with Gasteiger partial charge < -0.3 is 4.57 Å². The van der Waals surface area contributed by atoms with Crippen molar-refractivity contribution in [2.45, 2.75) is 12.4 Å². The number of aromatic nitrogens is 10. The van der Waals surface area contributed by atoms with Crippen LogP contribution in [0.2, 0.25) is 0 Å². The van der Waals surface area contributed by atoms with Gasteiger partial charge in [-0.25, -0.2) is 44.9 Å². The van der Waals surface area contributed by atoms with Crippen molar-refractivity contribution in [3.05, 3.63) is 290 Å². The molecule has 4 heterocycles. The van der Waals surface area contributed by atoms with Gasteiger partial charge in [-0.2, -0.15) is 26.3 Å². The molecule has 0 radical (unpaired) electrons. The van der Waals surface area contributed by atoms with Crippen LogP contribution in [0.15, 0.2) is 279 Å². The number of benzene rings is 11. The van der Waals surface area contributed by atoms with Crippen LogP contribution in [0.3, 0.4) is 0 Å². The lowest BCUT2D eigenvalue weighted by Crippen LogP contribution is -2.11. The molecule has 11 aromatic carbocycles. The van der Waals surface area contributed by atoms with E-state index in [1.54, 1.807) is 28.8 Å². The minimum Gasteiger partial charge on any atom is -0.308 e. The number of hydrogen-bond donors (Lipinski definition) is 0. The Morgan fingerprint density at radius 3 is 0.720 bits per heavy atom. The summed E-state index contributed by atoms with van der Waals surface area (Å²) < 4.78 is 97.7. The summed E-state index contributed by atoms with van der Waals surface area (Å²) in [6, 6.07) is 80.2. The molecule has 0 spiro atoms. The summed E-state index contributed by atoms with van der Waals surface area (Å²) in [6.07, 6.45) is -9.92. The third-order valence-electron chi connectivity index (χ3n) is 16.0. The predicted octanol–water partition coefficient (Wildman–Crippen LogP) is 19.7. The Morgan fingerprint density at radius 1 is 0.215 bits per heavy atom. The van der Waals surface area contributed by atoms with E-state index in [-0.39, 0.29) is 51.0 Å². The van der Waals surface area contributed by atoms with E-state index in [0.717, 1.165) is 34.4 Å². The molecular weight excluding hydrogens is 1180 g/mol. The normalized spacial score (nSPS) is 11.8. The molecule has 15 aromatic rings. The summed E-state index contributed by atoms with van der Waals surface area (Å²) in [5, 5.41) is 1.05. The van der Waals surface area contributed by atoms with Gasteiger partial charge in [0.25, 0.3) is 0 Å². The molecule has 16 heteroatoms. The standard InChI is InChI=1S/C77H46F6N10/c78-76(79,80)62-37-21-19-35-56(62)60-45-55(75-91-71(51-31-15-5-16-32-51)86-72(92-75)52-33-17-6-18-34-52)46-61(57-36-20-22-38-63(57)77(81,82)83)66(60)93-64-41-39-53(73-87-67(47-23-7-1-8-24-47)84-68(88-73)48-25-9-2-10-26-48)43-58(64)59-44-54(40-42-65(59)93)74-89-69(49-27-11-3-12-28-49)85-70(90-74)50-29-13-4-14-30-50/h1-46H. The van der Waals surface area contributed by atoms with Gasteiger partial charge in [-0.3, -0.25) is 0 Å². The van der Waals surface area contributed by atoms with Gasteiger partial charge in [0.05, 0.1) is 27.8 Å². The van der Waals surface area contributed by atoms with Crippen molar-refractivity contribution in [2.24, 2.45) is 0 Å².